The molecule has 1 atom stereocenters. The van der Waals surface area contributed by atoms with Gasteiger partial charge in [0.05, 0.1) is 36.2 Å². The first kappa shape index (κ1) is 32.9. The average molecular weight is 633 g/mol. The van der Waals surface area contributed by atoms with Gasteiger partial charge < -0.3 is 29.9 Å². The van der Waals surface area contributed by atoms with Crippen LogP contribution in [0.2, 0.25) is 0 Å². The Bertz CT molecular complexity index is 1520. The molecule has 1 unspecified atom stereocenters. The van der Waals surface area contributed by atoms with Crippen molar-refractivity contribution in [3.05, 3.63) is 76.2 Å². The van der Waals surface area contributed by atoms with Crippen molar-refractivity contribution in [1.29, 1.82) is 5.26 Å². The second-order valence-corrected chi connectivity index (χ2v) is 12.0. The summed E-state index contributed by atoms with van der Waals surface area (Å²) in [5, 5.41) is 15.0. The van der Waals surface area contributed by atoms with E-state index >= 15 is 0 Å². The number of piperidine rings is 2. The Kier molecular flexibility index (Phi) is 10.6. The molecule has 46 heavy (non-hydrogen) atoms. The van der Waals surface area contributed by atoms with Crippen molar-refractivity contribution in [3.63, 3.8) is 0 Å². The summed E-state index contributed by atoms with van der Waals surface area (Å²) in [5.41, 5.74) is 2.51. The number of amides is 4. The van der Waals surface area contributed by atoms with E-state index in [1.54, 1.807) is 19.1 Å². The lowest BCUT2D eigenvalue weighted by Gasteiger charge is -2.42. The highest BCUT2D eigenvalue weighted by Crippen LogP contribution is 2.35. The summed E-state index contributed by atoms with van der Waals surface area (Å²) in [6.45, 7) is 5.47. The molecule has 2 N–H and O–H groups in total. The van der Waals surface area contributed by atoms with Gasteiger partial charge in [0, 0.05) is 32.8 Å². The number of carbonyl (C=O) groups excluding carboxylic acids is 3. The van der Waals surface area contributed by atoms with Crippen LogP contribution in [0, 0.1) is 30.0 Å². The predicted molar refractivity (Wildman–Crippen MR) is 169 cm³/mol. The number of hydrogen-bond donors (Lipinski definition) is 2. The Morgan fingerprint density at radius 1 is 1.07 bits per heavy atom. The summed E-state index contributed by atoms with van der Waals surface area (Å²) >= 11 is 0. The number of ether oxygens (including phenoxy) is 2. The van der Waals surface area contributed by atoms with Gasteiger partial charge in [-0.1, -0.05) is 24.3 Å². The highest BCUT2D eigenvalue weighted by molar-refractivity contribution is 6.01. The Balaban J connectivity index is 1.21. The SMILES string of the molecule is COCC1=C(C(=O)OC)C(c2ccc(C)c(F)c2)N(C(=O)NCC2CCN(C3CCN(c4ccccc4C#N)CC3)CC2)C(=O)N1. The molecule has 2 saturated heterocycles. The molecular weight excluding hydrogens is 591 g/mol. The number of halogens is 1. The molecule has 3 aliphatic rings. The van der Waals surface area contributed by atoms with Crippen LogP contribution in [-0.4, -0.2) is 87.4 Å². The van der Waals surface area contributed by atoms with Crippen LogP contribution in [0.3, 0.4) is 0 Å². The number of imide groups is 1. The molecular formula is C34H41FN6O5. The van der Waals surface area contributed by atoms with Crippen LogP contribution in [0.25, 0.3) is 0 Å². The normalized spacial score (nSPS) is 19.9. The number of benzene rings is 2. The van der Waals surface area contributed by atoms with Crippen LogP contribution in [0.1, 0.15) is 48.4 Å². The summed E-state index contributed by atoms with van der Waals surface area (Å²) in [5.74, 6) is -1.07. The molecule has 11 nitrogen and oxygen atoms in total. The number of likely N-dealkylation sites (tertiary alicyclic amines) is 1. The minimum absolute atomic E-state index is 0.00202. The fourth-order valence-corrected chi connectivity index (χ4v) is 6.73. The number of para-hydroxylation sites is 1. The van der Waals surface area contributed by atoms with Crippen LogP contribution in [0.15, 0.2) is 53.7 Å². The van der Waals surface area contributed by atoms with Crippen molar-refractivity contribution in [2.45, 2.75) is 44.7 Å². The number of urea groups is 2. The predicted octanol–water partition coefficient (Wildman–Crippen LogP) is 4.24. The minimum Gasteiger partial charge on any atom is -0.466 e. The maximum absolute atomic E-state index is 14.7. The van der Waals surface area contributed by atoms with Crippen LogP contribution in [0.5, 0.6) is 0 Å². The lowest BCUT2D eigenvalue weighted by Crippen LogP contribution is -2.56. The van der Waals surface area contributed by atoms with E-state index in [0.29, 0.717) is 23.7 Å². The van der Waals surface area contributed by atoms with E-state index in [2.05, 4.69) is 26.5 Å². The average Bonchev–Trinajstić information content (AvgIpc) is 3.08. The van der Waals surface area contributed by atoms with Crippen molar-refractivity contribution in [1.82, 2.24) is 20.4 Å². The van der Waals surface area contributed by atoms with Crippen LogP contribution in [-0.2, 0) is 14.3 Å². The number of hydrogen-bond acceptors (Lipinski definition) is 8. The third-order valence-corrected chi connectivity index (χ3v) is 9.29. The topological polar surface area (TPSA) is 127 Å². The Morgan fingerprint density at radius 2 is 1.78 bits per heavy atom. The van der Waals surface area contributed by atoms with Gasteiger partial charge in [-0.2, -0.15) is 5.26 Å². The number of nitrogens with one attached hydrogen (secondary N) is 2. The molecule has 0 spiro atoms. The van der Waals surface area contributed by atoms with Gasteiger partial charge >= 0.3 is 18.0 Å². The summed E-state index contributed by atoms with van der Waals surface area (Å²) in [7, 11) is 2.62. The van der Waals surface area contributed by atoms with E-state index < -0.39 is 29.9 Å². The molecule has 5 rings (SSSR count). The highest BCUT2D eigenvalue weighted by Gasteiger charge is 2.43. The number of esters is 1. The van der Waals surface area contributed by atoms with Gasteiger partial charge in [-0.25, -0.2) is 23.7 Å². The zero-order valence-electron chi connectivity index (χ0n) is 26.6. The van der Waals surface area contributed by atoms with E-state index in [-0.39, 0.29) is 29.4 Å². The monoisotopic (exact) mass is 632 g/mol. The van der Waals surface area contributed by atoms with Crippen molar-refractivity contribution < 1.29 is 28.2 Å². The lowest BCUT2D eigenvalue weighted by atomic mass is 9.92. The molecule has 2 fully saturated rings. The molecule has 2 aromatic carbocycles. The van der Waals surface area contributed by atoms with Gasteiger partial charge in [0.15, 0.2) is 0 Å². The first-order valence-corrected chi connectivity index (χ1v) is 15.7. The minimum atomic E-state index is -1.21. The van der Waals surface area contributed by atoms with E-state index in [4.69, 9.17) is 9.47 Å². The number of aryl methyl sites for hydroxylation is 1. The Morgan fingerprint density at radius 3 is 2.43 bits per heavy atom. The van der Waals surface area contributed by atoms with Crippen LogP contribution in [0.4, 0.5) is 19.7 Å². The number of methoxy groups -OCH3 is 2. The van der Waals surface area contributed by atoms with Crippen molar-refractivity contribution in [2.75, 3.05) is 58.5 Å². The van der Waals surface area contributed by atoms with E-state index in [1.807, 2.05) is 24.3 Å². The third kappa shape index (κ3) is 7.00. The number of carbonyl (C=O) groups is 3. The first-order chi connectivity index (χ1) is 22.2. The second kappa shape index (κ2) is 14.7. The van der Waals surface area contributed by atoms with Gasteiger partial charge in [0.1, 0.15) is 17.9 Å². The maximum Gasteiger partial charge on any atom is 0.338 e. The van der Waals surface area contributed by atoms with Gasteiger partial charge in [0.25, 0.3) is 0 Å². The van der Waals surface area contributed by atoms with Crippen molar-refractivity contribution in [2.24, 2.45) is 5.92 Å². The molecule has 0 aliphatic carbocycles. The molecule has 0 radical (unpaired) electrons. The molecule has 3 aliphatic heterocycles. The van der Waals surface area contributed by atoms with E-state index in [0.717, 1.165) is 62.4 Å². The van der Waals surface area contributed by atoms with Crippen molar-refractivity contribution in [3.8, 4) is 6.07 Å². The fourth-order valence-electron chi connectivity index (χ4n) is 6.73. The van der Waals surface area contributed by atoms with Gasteiger partial charge in [-0.3, -0.25) is 0 Å². The second-order valence-electron chi connectivity index (χ2n) is 12.0. The summed E-state index contributed by atoms with van der Waals surface area (Å²) in [6.07, 6.45) is 3.82. The number of anilines is 1. The largest absolute Gasteiger partial charge is 0.466 e. The van der Waals surface area contributed by atoms with Gasteiger partial charge in [0.2, 0.25) is 0 Å². The van der Waals surface area contributed by atoms with E-state index in [1.165, 1.54) is 20.3 Å². The molecule has 0 saturated carbocycles. The molecule has 3 heterocycles. The fraction of sp³-hybridized carbons (Fsp3) is 0.471. The summed E-state index contributed by atoms with van der Waals surface area (Å²) < 4.78 is 24.9. The summed E-state index contributed by atoms with van der Waals surface area (Å²) in [4.78, 5) is 45.7. The smallest absolute Gasteiger partial charge is 0.338 e. The zero-order chi connectivity index (χ0) is 32.8. The van der Waals surface area contributed by atoms with E-state index in [9.17, 15) is 24.0 Å². The molecule has 244 valence electrons. The van der Waals surface area contributed by atoms with Gasteiger partial charge in [-0.15, -0.1) is 0 Å². The maximum atomic E-state index is 14.7. The third-order valence-electron chi connectivity index (χ3n) is 9.29. The molecule has 12 heteroatoms. The lowest BCUT2D eigenvalue weighted by molar-refractivity contribution is -0.137. The highest BCUT2D eigenvalue weighted by atomic mass is 19.1. The molecule has 2 aromatic rings. The quantitative estimate of drug-likeness (QED) is 0.414. The molecule has 0 aromatic heterocycles. The standard InChI is InChI=1S/C34H41FN6O5/c1-22-8-9-24(18-27(22)35)31-30(32(42)46-3)28(21-45-2)38-34(44)41(31)33(43)37-20-23-10-14-39(15-11-23)26-12-16-40(17-13-26)29-7-5-4-6-25(29)19-36/h4-9,18,23,26,31H,10-17,20-21H2,1-3H3,(H,37,43)(H,38,44). The van der Waals surface area contributed by atoms with Crippen LogP contribution >= 0.6 is 0 Å². The first-order valence-electron chi connectivity index (χ1n) is 15.7. The Hall–Kier alpha value is -4.47. The summed E-state index contributed by atoms with van der Waals surface area (Å²) in [6, 6.07) is 12.2. The Labute approximate surface area is 268 Å². The van der Waals surface area contributed by atoms with Crippen molar-refractivity contribution >= 4 is 23.7 Å². The van der Waals surface area contributed by atoms with Crippen LogP contribution < -0.4 is 15.5 Å². The molecule has 0 bridgehead atoms. The molecule has 4 amide bonds. The van der Waals surface area contributed by atoms with Gasteiger partial charge in [-0.05, 0) is 80.9 Å². The number of nitriles is 1. The number of nitrogens with zero attached hydrogens (tertiary/aromatic N) is 4. The number of rotatable bonds is 8. The zero-order valence-corrected chi connectivity index (χ0v) is 26.6.